The van der Waals surface area contributed by atoms with Crippen LogP contribution in [0.25, 0.3) is 0 Å². The van der Waals surface area contributed by atoms with E-state index in [1.807, 2.05) is 6.21 Å². The van der Waals surface area contributed by atoms with Crippen LogP contribution in [0.5, 0.6) is 0 Å². The van der Waals surface area contributed by atoms with Crippen LogP contribution in [0.1, 0.15) is 26.7 Å². The quantitative estimate of drug-likeness (QED) is 0.699. The molecule has 0 saturated carbocycles. The monoisotopic (exact) mass is 194 g/mol. The van der Waals surface area contributed by atoms with Crippen molar-refractivity contribution in [2.75, 3.05) is 13.2 Å². The maximum Gasteiger partial charge on any atom is 0.130 e. The summed E-state index contributed by atoms with van der Waals surface area (Å²) in [6.45, 7) is 6.22. The first-order chi connectivity index (χ1) is 6.85. The molecule has 0 radical (unpaired) electrons. The standard InChI is InChI=1S/C10H18N4/c1-3-5-14-7-11-6-8-10(14)13-9(4-2)12-8/h6,9,12-13H,3-5,7H2,1-2H3. The normalized spacial score (nSPS) is 24.7. The summed E-state index contributed by atoms with van der Waals surface area (Å²) >= 11 is 0. The summed E-state index contributed by atoms with van der Waals surface area (Å²) in [5, 5.41) is 6.89. The second kappa shape index (κ2) is 3.90. The third kappa shape index (κ3) is 1.56. The summed E-state index contributed by atoms with van der Waals surface area (Å²) < 4.78 is 0. The zero-order valence-electron chi connectivity index (χ0n) is 8.88. The van der Waals surface area contributed by atoms with Gasteiger partial charge in [-0.2, -0.15) is 0 Å². The van der Waals surface area contributed by atoms with Crippen molar-refractivity contribution in [1.82, 2.24) is 15.5 Å². The summed E-state index contributed by atoms with van der Waals surface area (Å²) in [7, 11) is 0. The van der Waals surface area contributed by atoms with E-state index in [4.69, 9.17) is 0 Å². The number of allylic oxidation sites excluding steroid dienone is 1. The van der Waals surface area contributed by atoms with E-state index >= 15 is 0 Å². The van der Waals surface area contributed by atoms with E-state index in [0.29, 0.717) is 6.17 Å². The number of nitrogens with zero attached hydrogens (tertiary/aromatic N) is 2. The average Bonchev–Trinajstić information content (AvgIpc) is 2.62. The average molecular weight is 194 g/mol. The van der Waals surface area contributed by atoms with Gasteiger partial charge < -0.3 is 15.5 Å². The summed E-state index contributed by atoms with van der Waals surface area (Å²) in [5.74, 6) is 1.23. The van der Waals surface area contributed by atoms with E-state index in [1.165, 1.54) is 5.82 Å². The van der Waals surface area contributed by atoms with Gasteiger partial charge >= 0.3 is 0 Å². The lowest BCUT2D eigenvalue weighted by Gasteiger charge is -2.26. The Labute approximate surface area is 85.1 Å². The van der Waals surface area contributed by atoms with Crippen molar-refractivity contribution in [1.29, 1.82) is 0 Å². The minimum atomic E-state index is 0.379. The van der Waals surface area contributed by atoms with Gasteiger partial charge in [0.15, 0.2) is 0 Å². The van der Waals surface area contributed by atoms with Crippen molar-refractivity contribution in [3.8, 4) is 0 Å². The number of rotatable bonds is 3. The molecule has 0 fully saturated rings. The van der Waals surface area contributed by atoms with Crippen LogP contribution in [0.3, 0.4) is 0 Å². The molecular weight excluding hydrogens is 176 g/mol. The Balaban J connectivity index is 2.08. The lowest BCUT2D eigenvalue weighted by molar-refractivity contribution is 0.323. The molecule has 1 atom stereocenters. The predicted molar refractivity (Wildman–Crippen MR) is 57.7 cm³/mol. The molecule has 2 heterocycles. The van der Waals surface area contributed by atoms with Gasteiger partial charge in [0, 0.05) is 6.54 Å². The molecule has 0 aromatic rings. The highest BCUT2D eigenvalue weighted by Gasteiger charge is 2.25. The van der Waals surface area contributed by atoms with Gasteiger partial charge in [0.2, 0.25) is 0 Å². The van der Waals surface area contributed by atoms with Crippen LogP contribution in [0.2, 0.25) is 0 Å². The Bertz CT molecular complexity index is 269. The third-order valence-corrected chi connectivity index (χ3v) is 2.59. The Morgan fingerprint density at radius 1 is 1.50 bits per heavy atom. The molecule has 4 heteroatoms. The maximum atomic E-state index is 4.33. The molecule has 2 aliphatic heterocycles. The van der Waals surface area contributed by atoms with E-state index in [-0.39, 0.29) is 0 Å². The van der Waals surface area contributed by atoms with E-state index in [1.54, 1.807) is 0 Å². The van der Waals surface area contributed by atoms with E-state index in [9.17, 15) is 0 Å². The van der Waals surface area contributed by atoms with Gasteiger partial charge in [-0.25, -0.2) is 0 Å². The molecule has 2 rings (SSSR count). The zero-order valence-corrected chi connectivity index (χ0v) is 8.88. The van der Waals surface area contributed by atoms with Crippen LogP contribution in [-0.4, -0.2) is 30.5 Å². The van der Waals surface area contributed by atoms with Gasteiger partial charge in [-0.05, 0) is 12.8 Å². The van der Waals surface area contributed by atoms with Gasteiger partial charge in [0.05, 0.1) is 18.1 Å². The predicted octanol–water partition coefficient (Wildman–Crippen LogP) is 0.838. The summed E-state index contributed by atoms with van der Waals surface area (Å²) in [4.78, 5) is 6.62. The van der Waals surface area contributed by atoms with E-state index in [2.05, 4.69) is 34.4 Å². The van der Waals surface area contributed by atoms with Crippen molar-refractivity contribution < 1.29 is 0 Å². The number of aliphatic imine (C=N–C) groups is 1. The Morgan fingerprint density at radius 3 is 3.07 bits per heavy atom. The number of hydrogen-bond donors (Lipinski definition) is 2. The largest absolute Gasteiger partial charge is 0.361 e. The minimum absolute atomic E-state index is 0.379. The van der Waals surface area contributed by atoms with Crippen LogP contribution < -0.4 is 10.6 Å². The van der Waals surface area contributed by atoms with Crippen molar-refractivity contribution in [3.05, 3.63) is 11.5 Å². The maximum absolute atomic E-state index is 4.33. The molecule has 78 valence electrons. The first kappa shape index (κ1) is 9.37. The second-order valence-corrected chi connectivity index (χ2v) is 3.73. The van der Waals surface area contributed by atoms with Crippen LogP contribution in [0.15, 0.2) is 16.5 Å². The molecule has 0 spiro atoms. The highest BCUT2D eigenvalue weighted by molar-refractivity contribution is 5.80. The molecule has 2 N–H and O–H groups in total. The fourth-order valence-corrected chi connectivity index (χ4v) is 1.85. The Kier molecular flexibility index (Phi) is 2.61. The van der Waals surface area contributed by atoms with Crippen molar-refractivity contribution in [2.24, 2.45) is 4.99 Å². The fourth-order valence-electron chi connectivity index (χ4n) is 1.85. The SMILES string of the molecule is CCCN1CN=CC2=C1NC(CC)N2. The Morgan fingerprint density at radius 2 is 2.36 bits per heavy atom. The molecule has 0 saturated heterocycles. The van der Waals surface area contributed by atoms with Crippen molar-refractivity contribution >= 4 is 6.21 Å². The fraction of sp³-hybridized carbons (Fsp3) is 0.700. The first-order valence-corrected chi connectivity index (χ1v) is 5.37. The van der Waals surface area contributed by atoms with Crippen LogP contribution in [0, 0.1) is 0 Å². The molecule has 4 nitrogen and oxygen atoms in total. The van der Waals surface area contributed by atoms with E-state index < -0.39 is 0 Å². The Hall–Kier alpha value is -1.19. The second-order valence-electron chi connectivity index (χ2n) is 3.73. The number of nitrogens with one attached hydrogen (secondary N) is 2. The highest BCUT2D eigenvalue weighted by atomic mass is 15.4. The molecule has 14 heavy (non-hydrogen) atoms. The van der Waals surface area contributed by atoms with Crippen LogP contribution in [-0.2, 0) is 0 Å². The molecule has 2 aliphatic rings. The summed E-state index contributed by atoms with van der Waals surface area (Å²) in [5.41, 5.74) is 1.15. The smallest absolute Gasteiger partial charge is 0.130 e. The van der Waals surface area contributed by atoms with Crippen LogP contribution >= 0.6 is 0 Å². The van der Waals surface area contributed by atoms with Crippen molar-refractivity contribution in [3.63, 3.8) is 0 Å². The molecule has 0 amide bonds. The molecule has 0 aliphatic carbocycles. The zero-order chi connectivity index (χ0) is 9.97. The highest BCUT2D eigenvalue weighted by Crippen LogP contribution is 2.16. The minimum Gasteiger partial charge on any atom is -0.361 e. The molecule has 0 aromatic carbocycles. The molecule has 1 unspecified atom stereocenters. The summed E-state index contributed by atoms with van der Waals surface area (Å²) in [6, 6.07) is 0. The lowest BCUT2D eigenvalue weighted by atomic mass is 10.3. The van der Waals surface area contributed by atoms with Crippen molar-refractivity contribution in [2.45, 2.75) is 32.9 Å². The molecule has 0 aromatic heterocycles. The topological polar surface area (TPSA) is 39.7 Å². The van der Waals surface area contributed by atoms with Gasteiger partial charge in [-0.3, -0.25) is 4.99 Å². The number of hydrogen-bond acceptors (Lipinski definition) is 4. The third-order valence-electron chi connectivity index (χ3n) is 2.59. The van der Waals surface area contributed by atoms with Crippen LogP contribution in [0.4, 0.5) is 0 Å². The first-order valence-electron chi connectivity index (χ1n) is 5.37. The molecule has 0 bridgehead atoms. The lowest BCUT2D eigenvalue weighted by Crippen LogP contribution is -2.36. The van der Waals surface area contributed by atoms with Gasteiger partial charge in [0.25, 0.3) is 0 Å². The molecular formula is C10H18N4. The van der Waals surface area contributed by atoms with E-state index in [0.717, 1.165) is 31.8 Å². The van der Waals surface area contributed by atoms with Gasteiger partial charge in [-0.1, -0.05) is 13.8 Å². The van der Waals surface area contributed by atoms with Gasteiger partial charge in [-0.15, -0.1) is 0 Å². The van der Waals surface area contributed by atoms with Gasteiger partial charge in [0.1, 0.15) is 12.5 Å². The summed E-state index contributed by atoms with van der Waals surface area (Å²) in [6.07, 6.45) is 4.55.